The minimum atomic E-state index is -0.494. The van der Waals surface area contributed by atoms with Crippen LogP contribution in [0.15, 0.2) is 30.3 Å². The number of carbonyl (C=O) groups is 1. The maximum atomic E-state index is 11.6. The molecule has 0 N–H and O–H groups in total. The third-order valence-corrected chi connectivity index (χ3v) is 2.28. The third kappa shape index (κ3) is 2.55. The fourth-order valence-corrected chi connectivity index (χ4v) is 1.38. The van der Waals surface area contributed by atoms with Gasteiger partial charge in [-0.3, -0.25) is 4.79 Å². The maximum Gasteiger partial charge on any atom is 0.189 e. The van der Waals surface area contributed by atoms with E-state index >= 15 is 0 Å². The zero-order valence-electron chi connectivity index (χ0n) is 6.55. The Balaban J connectivity index is 2.94. The summed E-state index contributed by atoms with van der Waals surface area (Å²) in [7, 11) is 0. The number of hydrogen-bond acceptors (Lipinski definition) is 1. The van der Waals surface area contributed by atoms with Crippen molar-refractivity contribution in [3.05, 3.63) is 35.9 Å². The zero-order valence-corrected chi connectivity index (χ0v) is 10.3. The summed E-state index contributed by atoms with van der Waals surface area (Å²) in [4.78, 5) is 11.6. The van der Waals surface area contributed by atoms with Gasteiger partial charge in [-0.2, -0.15) is 0 Å². The predicted octanol–water partition coefficient (Wildman–Crippen LogP) is 3.42. The van der Waals surface area contributed by atoms with Crippen LogP contribution in [0.3, 0.4) is 0 Å². The number of rotatable bonds is 2. The third-order valence-electron chi connectivity index (χ3n) is 1.43. The van der Waals surface area contributed by atoms with Crippen LogP contribution in [0.4, 0.5) is 0 Å². The zero-order chi connectivity index (χ0) is 9.19. The highest BCUT2D eigenvalue weighted by Crippen LogP contribution is 2.29. The second-order valence-electron chi connectivity index (χ2n) is 2.58. The lowest BCUT2D eigenvalue weighted by Crippen LogP contribution is -2.19. The molecule has 12 heavy (non-hydrogen) atoms. The molecule has 0 fully saturated rings. The van der Waals surface area contributed by atoms with E-state index < -0.39 is 2.33 Å². The first-order valence-corrected chi connectivity index (χ1v) is 5.36. The van der Waals surface area contributed by atoms with Gasteiger partial charge in [0.2, 0.25) is 0 Å². The van der Waals surface area contributed by atoms with Crippen LogP contribution in [-0.4, -0.2) is 8.11 Å². The molecule has 0 spiro atoms. The average molecular weight is 339 g/mol. The highest BCUT2D eigenvalue weighted by atomic mass is 127. The Morgan fingerprint density at radius 3 is 2.33 bits per heavy atom. The van der Waals surface area contributed by atoms with Crippen LogP contribution in [0.5, 0.6) is 0 Å². The molecule has 0 saturated carbocycles. The molecule has 0 aromatic heterocycles. The number of halogens is 2. The number of hydrogen-bond donors (Lipinski definition) is 0. The van der Waals surface area contributed by atoms with Gasteiger partial charge < -0.3 is 0 Å². The summed E-state index contributed by atoms with van der Waals surface area (Å²) in [5.41, 5.74) is 0.742. The second kappa shape index (κ2) is 3.87. The van der Waals surface area contributed by atoms with Crippen molar-refractivity contribution in [3.8, 4) is 0 Å². The molecule has 1 aromatic rings. The summed E-state index contributed by atoms with van der Waals surface area (Å²) in [6.45, 7) is 1.84. The second-order valence-corrected chi connectivity index (χ2v) is 7.81. The molecule has 3 heteroatoms. The molecule has 1 aromatic carbocycles. The lowest BCUT2D eigenvalue weighted by molar-refractivity contribution is 0.0991. The number of benzene rings is 1. The van der Waals surface area contributed by atoms with Crippen molar-refractivity contribution < 1.29 is 4.79 Å². The Morgan fingerprint density at radius 2 is 1.92 bits per heavy atom. The summed E-state index contributed by atoms with van der Waals surface area (Å²) < 4.78 is -0.494. The van der Waals surface area contributed by atoms with Gasteiger partial charge in [-0.15, -0.1) is 0 Å². The fraction of sp³-hybridized carbons (Fsp3) is 0.222. The molecule has 0 aliphatic carbocycles. The van der Waals surface area contributed by atoms with Gasteiger partial charge in [-0.25, -0.2) is 0 Å². The smallest absolute Gasteiger partial charge is 0.189 e. The van der Waals surface area contributed by atoms with E-state index in [4.69, 9.17) is 0 Å². The molecular formula is C9H8BrIO. The van der Waals surface area contributed by atoms with Crippen LogP contribution < -0.4 is 0 Å². The average Bonchev–Trinajstić information content (AvgIpc) is 2.03. The molecule has 1 rings (SSSR count). The van der Waals surface area contributed by atoms with Crippen LogP contribution in [-0.2, 0) is 0 Å². The van der Waals surface area contributed by atoms with Crippen molar-refractivity contribution in [1.82, 2.24) is 0 Å². The van der Waals surface area contributed by atoms with Crippen LogP contribution in [0.25, 0.3) is 0 Å². The Bertz CT molecular complexity index is 276. The molecule has 0 saturated heterocycles. The predicted molar refractivity (Wildman–Crippen MR) is 62.1 cm³/mol. The molecule has 0 amide bonds. The topological polar surface area (TPSA) is 17.1 Å². The Morgan fingerprint density at radius 1 is 1.42 bits per heavy atom. The number of ketones is 1. The van der Waals surface area contributed by atoms with Crippen molar-refractivity contribution in [1.29, 1.82) is 0 Å². The highest BCUT2D eigenvalue weighted by Gasteiger charge is 2.26. The fourth-order valence-electron chi connectivity index (χ4n) is 0.843. The Kier molecular flexibility index (Phi) is 3.29. The van der Waals surface area contributed by atoms with Gasteiger partial charge in [-0.1, -0.05) is 68.9 Å². The summed E-state index contributed by atoms with van der Waals surface area (Å²) in [5.74, 6) is 0.101. The van der Waals surface area contributed by atoms with Crippen LogP contribution in [0.1, 0.15) is 17.3 Å². The number of carbonyl (C=O) groups excluding carboxylic acids is 1. The van der Waals surface area contributed by atoms with Gasteiger partial charge in [0.25, 0.3) is 0 Å². The molecule has 0 bridgehead atoms. The summed E-state index contributed by atoms with van der Waals surface area (Å²) in [5, 5.41) is 0. The largest absolute Gasteiger partial charge is 0.292 e. The summed E-state index contributed by atoms with van der Waals surface area (Å²) in [6.07, 6.45) is 0. The van der Waals surface area contributed by atoms with E-state index in [2.05, 4.69) is 38.5 Å². The highest BCUT2D eigenvalue weighted by molar-refractivity contribution is 14.1. The summed E-state index contributed by atoms with van der Waals surface area (Å²) in [6, 6.07) is 9.27. The van der Waals surface area contributed by atoms with Gasteiger partial charge >= 0.3 is 0 Å². The molecule has 64 valence electrons. The molecule has 1 atom stereocenters. The number of Topliss-reactive ketones (excluding diaryl/α,β-unsaturated/α-hetero) is 1. The van der Waals surface area contributed by atoms with Crippen molar-refractivity contribution in [3.63, 3.8) is 0 Å². The van der Waals surface area contributed by atoms with E-state index in [9.17, 15) is 4.79 Å². The molecule has 1 unspecified atom stereocenters. The monoisotopic (exact) mass is 338 g/mol. The van der Waals surface area contributed by atoms with Crippen LogP contribution in [0.2, 0.25) is 0 Å². The quantitative estimate of drug-likeness (QED) is 0.459. The lowest BCUT2D eigenvalue weighted by Gasteiger charge is -2.11. The minimum absolute atomic E-state index is 0.101. The van der Waals surface area contributed by atoms with Gasteiger partial charge in [0.15, 0.2) is 5.78 Å². The minimum Gasteiger partial charge on any atom is -0.292 e. The van der Waals surface area contributed by atoms with E-state index in [1.165, 1.54) is 0 Å². The van der Waals surface area contributed by atoms with E-state index in [-0.39, 0.29) is 5.78 Å². The van der Waals surface area contributed by atoms with E-state index in [0.717, 1.165) is 5.56 Å². The Labute approximate surface area is 93.8 Å². The molecule has 0 aliphatic heterocycles. The van der Waals surface area contributed by atoms with Crippen LogP contribution >= 0.6 is 38.5 Å². The first-order chi connectivity index (χ1) is 5.52. The first-order valence-electron chi connectivity index (χ1n) is 3.49. The van der Waals surface area contributed by atoms with E-state index in [1.807, 2.05) is 37.3 Å². The van der Waals surface area contributed by atoms with Gasteiger partial charge in [0.1, 0.15) is 2.33 Å². The lowest BCUT2D eigenvalue weighted by atomic mass is 10.1. The number of alkyl halides is 2. The molecule has 0 aliphatic rings. The SMILES string of the molecule is CC(Br)(I)C(=O)c1ccccc1. The normalized spacial score (nSPS) is 15.2. The molecule has 1 nitrogen and oxygen atoms in total. The molecule has 0 radical (unpaired) electrons. The van der Waals surface area contributed by atoms with Gasteiger partial charge in [-0.05, 0) is 6.92 Å². The van der Waals surface area contributed by atoms with Crippen molar-refractivity contribution in [2.45, 2.75) is 9.25 Å². The maximum absolute atomic E-state index is 11.6. The Hall–Kier alpha value is 0.100. The van der Waals surface area contributed by atoms with Crippen LogP contribution in [0, 0.1) is 0 Å². The van der Waals surface area contributed by atoms with Crippen molar-refractivity contribution in [2.75, 3.05) is 0 Å². The van der Waals surface area contributed by atoms with Gasteiger partial charge in [0, 0.05) is 5.56 Å². The molecular weight excluding hydrogens is 331 g/mol. The van der Waals surface area contributed by atoms with E-state index in [1.54, 1.807) is 0 Å². The molecule has 0 heterocycles. The first kappa shape index (κ1) is 10.2. The van der Waals surface area contributed by atoms with E-state index in [0.29, 0.717) is 0 Å². The van der Waals surface area contributed by atoms with Gasteiger partial charge in [0.05, 0.1) is 0 Å². The summed E-state index contributed by atoms with van der Waals surface area (Å²) >= 11 is 5.39. The van der Waals surface area contributed by atoms with Crippen molar-refractivity contribution in [2.24, 2.45) is 0 Å². The van der Waals surface area contributed by atoms with Crippen molar-refractivity contribution >= 4 is 44.3 Å². The standard InChI is InChI=1S/C9H8BrIO/c1-9(10,11)8(12)7-5-3-2-4-6-7/h2-6H,1H3.